The van der Waals surface area contributed by atoms with Crippen LogP contribution in [-0.4, -0.2) is 23.2 Å². The van der Waals surface area contributed by atoms with Gasteiger partial charge in [-0.3, -0.25) is 4.79 Å². The maximum Gasteiger partial charge on any atom is 0.433 e. The van der Waals surface area contributed by atoms with E-state index in [1.165, 1.54) is 7.11 Å². The normalized spacial score (nSPS) is 11.2. The fourth-order valence-corrected chi connectivity index (χ4v) is 1.15. The van der Waals surface area contributed by atoms with Gasteiger partial charge in [0.05, 0.1) is 19.7 Å². The molecule has 0 atom stereocenters. The van der Waals surface area contributed by atoms with Crippen molar-refractivity contribution in [3.05, 3.63) is 23.5 Å². The quantitative estimate of drug-likeness (QED) is 0.866. The summed E-state index contributed by atoms with van der Waals surface area (Å²) in [5, 5.41) is 8.48. The Morgan fingerprint density at radius 3 is 2.62 bits per heavy atom. The monoisotopic (exact) mass is 235 g/mol. The molecule has 0 aliphatic rings. The molecule has 0 aliphatic heterocycles. The predicted octanol–water partition coefficient (Wildman–Crippen LogP) is 1.74. The van der Waals surface area contributed by atoms with Gasteiger partial charge in [-0.2, -0.15) is 13.2 Å². The smallest absolute Gasteiger partial charge is 0.433 e. The zero-order chi connectivity index (χ0) is 12.3. The lowest BCUT2D eigenvalue weighted by Crippen LogP contribution is -2.14. The number of halogens is 3. The van der Waals surface area contributed by atoms with Gasteiger partial charge in [0.15, 0.2) is 0 Å². The highest BCUT2D eigenvalue weighted by molar-refractivity contribution is 5.70. The number of rotatable bonds is 3. The van der Waals surface area contributed by atoms with E-state index in [0.717, 1.165) is 12.3 Å². The van der Waals surface area contributed by atoms with Crippen LogP contribution in [0.15, 0.2) is 12.3 Å². The summed E-state index contributed by atoms with van der Waals surface area (Å²) in [6.07, 6.45) is -4.52. The van der Waals surface area contributed by atoms with Gasteiger partial charge in [0.2, 0.25) is 0 Å². The molecule has 1 aromatic heterocycles. The van der Waals surface area contributed by atoms with Crippen LogP contribution < -0.4 is 4.74 Å². The Bertz CT molecular complexity index is 403. The maximum absolute atomic E-state index is 12.4. The molecule has 1 heterocycles. The van der Waals surface area contributed by atoms with E-state index in [0.29, 0.717) is 0 Å². The van der Waals surface area contributed by atoms with E-state index in [2.05, 4.69) is 9.72 Å². The van der Waals surface area contributed by atoms with Gasteiger partial charge < -0.3 is 9.84 Å². The summed E-state index contributed by atoms with van der Waals surface area (Å²) in [4.78, 5) is 13.6. The van der Waals surface area contributed by atoms with Crippen LogP contribution in [0.1, 0.15) is 11.3 Å². The molecule has 7 heteroatoms. The third-order valence-electron chi connectivity index (χ3n) is 1.79. The molecule has 0 aromatic carbocycles. The molecular weight excluding hydrogens is 227 g/mol. The van der Waals surface area contributed by atoms with Crippen molar-refractivity contribution in [3.63, 3.8) is 0 Å². The second-order valence-electron chi connectivity index (χ2n) is 2.95. The second kappa shape index (κ2) is 4.38. The fraction of sp³-hybridized carbons (Fsp3) is 0.333. The Hall–Kier alpha value is -1.79. The van der Waals surface area contributed by atoms with Crippen molar-refractivity contribution in [2.24, 2.45) is 0 Å². The Kier molecular flexibility index (Phi) is 3.36. The highest BCUT2D eigenvalue weighted by atomic mass is 19.4. The van der Waals surface area contributed by atoms with Gasteiger partial charge in [-0.25, -0.2) is 4.98 Å². The highest BCUT2D eigenvalue weighted by Gasteiger charge is 2.35. The summed E-state index contributed by atoms with van der Waals surface area (Å²) in [6, 6.07) is 1.02. The van der Waals surface area contributed by atoms with Crippen LogP contribution in [-0.2, 0) is 17.4 Å². The van der Waals surface area contributed by atoms with Crippen LogP contribution in [0.25, 0.3) is 0 Å². The SMILES string of the molecule is COc1cnc(C(F)(F)F)c(CC(=O)O)c1. The lowest BCUT2D eigenvalue weighted by atomic mass is 10.1. The Balaban J connectivity index is 3.21. The third kappa shape index (κ3) is 2.85. The first-order valence-electron chi connectivity index (χ1n) is 4.16. The summed E-state index contributed by atoms with van der Waals surface area (Å²) in [5.41, 5.74) is -1.62. The minimum Gasteiger partial charge on any atom is -0.495 e. The van der Waals surface area contributed by atoms with Crippen LogP contribution in [0.2, 0.25) is 0 Å². The third-order valence-corrected chi connectivity index (χ3v) is 1.79. The maximum atomic E-state index is 12.4. The van der Waals surface area contributed by atoms with Crippen LogP contribution >= 0.6 is 0 Å². The number of aliphatic carboxylic acids is 1. The van der Waals surface area contributed by atoms with Crippen molar-refractivity contribution < 1.29 is 27.8 Å². The molecule has 0 bridgehead atoms. The number of carboxylic acids is 1. The number of carboxylic acid groups (broad SMARTS) is 1. The van der Waals surface area contributed by atoms with Gasteiger partial charge in [-0.15, -0.1) is 0 Å². The van der Waals surface area contributed by atoms with Crippen molar-refractivity contribution in [3.8, 4) is 5.75 Å². The molecule has 16 heavy (non-hydrogen) atoms. The van der Waals surface area contributed by atoms with Gasteiger partial charge in [0, 0.05) is 0 Å². The minimum atomic E-state index is -4.67. The zero-order valence-corrected chi connectivity index (χ0v) is 8.21. The molecule has 1 aromatic rings. The molecule has 88 valence electrons. The van der Waals surface area contributed by atoms with E-state index in [9.17, 15) is 18.0 Å². The molecule has 0 saturated carbocycles. The summed E-state index contributed by atoms with van der Waals surface area (Å²) < 4.78 is 42.0. The topological polar surface area (TPSA) is 59.4 Å². The lowest BCUT2D eigenvalue weighted by molar-refractivity contribution is -0.142. The van der Waals surface area contributed by atoms with Crippen LogP contribution in [0, 0.1) is 0 Å². The summed E-state index contributed by atoms with van der Waals surface area (Å²) >= 11 is 0. The minimum absolute atomic E-state index is 0.0873. The number of aromatic nitrogens is 1. The Labute approximate surface area is 88.7 Å². The number of alkyl halides is 3. The van der Waals surface area contributed by atoms with E-state index in [1.54, 1.807) is 0 Å². The zero-order valence-electron chi connectivity index (χ0n) is 8.21. The van der Waals surface area contributed by atoms with Gasteiger partial charge in [0.25, 0.3) is 0 Å². The number of nitrogens with zero attached hydrogens (tertiary/aromatic N) is 1. The average molecular weight is 235 g/mol. The summed E-state index contributed by atoms with van der Waals surface area (Å²) in [5.74, 6) is -1.27. The number of pyridine rings is 1. The van der Waals surface area contributed by atoms with Crippen LogP contribution in [0.5, 0.6) is 5.75 Å². The van der Waals surface area contributed by atoms with Gasteiger partial charge >= 0.3 is 12.1 Å². The van der Waals surface area contributed by atoms with E-state index in [4.69, 9.17) is 5.11 Å². The number of hydrogen-bond donors (Lipinski definition) is 1. The van der Waals surface area contributed by atoms with E-state index < -0.39 is 29.8 Å². The average Bonchev–Trinajstić information content (AvgIpc) is 2.14. The van der Waals surface area contributed by atoms with Crippen molar-refractivity contribution in [2.45, 2.75) is 12.6 Å². The van der Waals surface area contributed by atoms with E-state index >= 15 is 0 Å². The van der Waals surface area contributed by atoms with Gasteiger partial charge in [-0.05, 0) is 11.6 Å². The Morgan fingerprint density at radius 1 is 1.56 bits per heavy atom. The number of carbonyl (C=O) groups is 1. The Morgan fingerprint density at radius 2 is 2.19 bits per heavy atom. The van der Waals surface area contributed by atoms with E-state index in [1.807, 2.05) is 0 Å². The van der Waals surface area contributed by atoms with Crippen molar-refractivity contribution >= 4 is 5.97 Å². The molecule has 0 aliphatic carbocycles. The second-order valence-corrected chi connectivity index (χ2v) is 2.95. The van der Waals surface area contributed by atoms with Crippen LogP contribution in [0.3, 0.4) is 0 Å². The molecule has 1 rings (SSSR count). The van der Waals surface area contributed by atoms with Gasteiger partial charge in [-0.1, -0.05) is 0 Å². The standard InChI is InChI=1S/C9H8F3NO3/c1-16-6-2-5(3-7(14)15)8(13-4-6)9(10,11)12/h2,4H,3H2,1H3,(H,14,15). The number of methoxy groups -OCH3 is 1. The molecule has 0 spiro atoms. The molecule has 0 fully saturated rings. The number of ether oxygens (including phenoxy) is 1. The summed E-state index contributed by atoms with van der Waals surface area (Å²) in [7, 11) is 1.26. The molecule has 1 N–H and O–H groups in total. The van der Waals surface area contributed by atoms with Crippen molar-refractivity contribution in [1.82, 2.24) is 4.98 Å². The van der Waals surface area contributed by atoms with Crippen molar-refractivity contribution in [1.29, 1.82) is 0 Å². The first-order valence-corrected chi connectivity index (χ1v) is 4.16. The highest BCUT2D eigenvalue weighted by Crippen LogP contribution is 2.31. The van der Waals surface area contributed by atoms with Crippen molar-refractivity contribution in [2.75, 3.05) is 7.11 Å². The summed E-state index contributed by atoms with van der Waals surface area (Å²) in [6.45, 7) is 0. The predicted molar refractivity (Wildman–Crippen MR) is 47.1 cm³/mol. The molecule has 0 radical (unpaired) electrons. The van der Waals surface area contributed by atoms with Crippen LogP contribution in [0.4, 0.5) is 13.2 Å². The van der Waals surface area contributed by atoms with Gasteiger partial charge in [0.1, 0.15) is 11.4 Å². The molecule has 0 amide bonds. The molecule has 0 unspecified atom stereocenters. The van der Waals surface area contributed by atoms with E-state index in [-0.39, 0.29) is 5.75 Å². The lowest BCUT2D eigenvalue weighted by Gasteiger charge is -2.11. The first-order chi connectivity index (χ1) is 7.34. The number of hydrogen-bond acceptors (Lipinski definition) is 3. The largest absolute Gasteiger partial charge is 0.495 e. The molecule has 4 nitrogen and oxygen atoms in total. The fourth-order valence-electron chi connectivity index (χ4n) is 1.15. The first kappa shape index (κ1) is 12.3. The molecule has 0 saturated heterocycles. The molecular formula is C9H8F3NO3.